The Hall–Kier alpha value is -1.84. The number of aliphatic carboxylic acids is 1. The zero-order chi connectivity index (χ0) is 15.2. The third-order valence-electron chi connectivity index (χ3n) is 4.87. The van der Waals surface area contributed by atoms with Gasteiger partial charge >= 0.3 is 5.97 Å². The lowest BCUT2D eigenvalue weighted by Crippen LogP contribution is -2.44. The molecule has 0 aromatic heterocycles. The average molecular weight is 287 g/mol. The summed E-state index contributed by atoms with van der Waals surface area (Å²) < 4.78 is 0. The SMILES string of the molecule is CC(C)c1ccccc1C1(C(=O)O)CC1C(=O)N1CCC1. The molecule has 3 rings (SSSR count). The molecule has 1 saturated carbocycles. The maximum Gasteiger partial charge on any atom is 0.314 e. The second kappa shape index (κ2) is 4.86. The summed E-state index contributed by atoms with van der Waals surface area (Å²) in [5.74, 6) is -0.996. The Balaban J connectivity index is 1.97. The molecule has 112 valence electrons. The fourth-order valence-corrected chi connectivity index (χ4v) is 3.37. The highest BCUT2D eigenvalue weighted by Gasteiger charge is 2.66. The zero-order valence-corrected chi connectivity index (χ0v) is 12.5. The van der Waals surface area contributed by atoms with E-state index < -0.39 is 17.3 Å². The number of likely N-dealkylation sites (tertiary alicyclic amines) is 1. The summed E-state index contributed by atoms with van der Waals surface area (Å²) in [4.78, 5) is 26.1. The molecular formula is C17H21NO3. The maximum atomic E-state index is 12.4. The number of carbonyl (C=O) groups is 2. The van der Waals surface area contributed by atoms with Crippen molar-refractivity contribution in [2.24, 2.45) is 5.92 Å². The van der Waals surface area contributed by atoms with Crippen molar-refractivity contribution in [1.82, 2.24) is 4.90 Å². The number of hydrogen-bond acceptors (Lipinski definition) is 2. The number of carboxylic acids is 1. The van der Waals surface area contributed by atoms with Gasteiger partial charge in [-0.2, -0.15) is 0 Å². The zero-order valence-electron chi connectivity index (χ0n) is 12.5. The quantitative estimate of drug-likeness (QED) is 0.925. The van der Waals surface area contributed by atoms with Crippen LogP contribution in [0.25, 0.3) is 0 Å². The summed E-state index contributed by atoms with van der Waals surface area (Å²) in [6.45, 7) is 5.67. The number of carboxylic acid groups (broad SMARTS) is 1. The van der Waals surface area contributed by atoms with E-state index in [2.05, 4.69) is 13.8 Å². The maximum absolute atomic E-state index is 12.4. The third kappa shape index (κ3) is 2.04. The lowest BCUT2D eigenvalue weighted by Gasteiger charge is -2.32. The van der Waals surface area contributed by atoms with Crippen molar-refractivity contribution in [1.29, 1.82) is 0 Å². The van der Waals surface area contributed by atoms with Gasteiger partial charge < -0.3 is 10.0 Å². The molecular weight excluding hydrogens is 266 g/mol. The van der Waals surface area contributed by atoms with Crippen LogP contribution in [0.4, 0.5) is 0 Å². The van der Waals surface area contributed by atoms with Crippen LogP contribution in [0, 0.1) is 5.92 Å². The van der Waals surface area contributed by atoms with E-state index >= 15 is 0 Å². The van der Waals surface area contributed by atoms with Crippen LogP contribution in [-0.4, -0.2) is 35.0 Å². The van der Waals surface area contributed by atoms with Gasteiger partial charge in [-0.25, -0.2) is 0 Å². The van der Waals surface area contributed by atoms with Crippen LogP contribution in [0.1, 0.15) is 43.7 Å². The second-order valence-corrected chi connectivity index (χ2v) is 6.45. The molecule has 1 N–H and O–H groups in total. The summed E-state index contributed by atoms with van der Waals surface area (Å²) in [5, 5.41) is 9.78. The van der Waals surface area contributed by atoms with E-state index in [9.17, 15) is 14.7 Å². The van der Waals surface area contributed by atoms with Crippen molar-refractivity contribution in [3.8, 4) is 0 Å². The topological polar surface area (TPSA) is 57.6 Å². The van der Waals surface area contributed by atoms with Gasteiger partial charge in [0.15, 0.2) is 0 Å². The van der Waals surface area contributed by atoms with Gasteiger partial charge in [0.2, 0.25) is 5.91 Å². The lowest BCUT2D eigenvalue weighted by molar-refractivity contribution is -0.144. The van der Waals surface area contributed by atoms with Crippen molar-refractivity contribution in [2.45, 2.75) is 38.0 Å². The van der Waals surface area contributed by atoms with E-state index in [4.69, 9.17) is 0 Å². The summed E-state index contributed by atoms with van der Waals surface area (Å²) in [6.07, 6.45) is 1.46. The van der Waals surface area contributed by atoms with Gasteiger partial charge in [0.25, 0.3) is 0 Å². The van der Waals surface area contributed by atoms with Gasteiger partial charge in [0, 0.05) is 13.1 Å². The van der Waals surface area contributed by atoms with E-state index in [0.29, 0.717) is 6.42 Å². The van der Waals surface area contributed by atoms with Crippen LogP contribution < -0.4 is 0 Å². The minimum absolute atomic E-state index is 0.0159. The van der Waals surface area contributed by atoms with Crippen LogP contribution in [0.3, 0.4) is 0 Å². The highest BCUT2D eigenvalue weighted by Crippen LogP contribution is 2.57. The van der Waals surface area contributed by atoms with E-state index in [1.807, 2.05) is 24.3 Å². The van der Waals surface area contributed by atoms with Crippen LogP contribution in [0.2, 0.25) is 0 Å². The van der Waals surface area contributed by atoms with E-state index in [-0.39, 0.29) is 11.8 Å². The molecule has 0 bridgehead atoms. The number of amides is 1. The first-order valence-corrected chi connectivity index (χ1v) is 7.60. The molecule has 2 unspecified atom stereocenters. The molecule has 1 aromatic carbocycles. The summed E-state index contributed by atoms with van der Waals surface area (Å²) >= 11 is 0. The minimum Gasteiger partial charge on any atom is -0.481 e. The van der Waals surface area contributed by atoms with Crippen molar-refractivity contribution in [2.75, 3.05) is 13.1 Å². The van der Waals surface area contributed by atoms with E-state index in [1.54, 1.807) is 4.90 Å². The largest absolute Gasteiger partial charge is 0.481 e. The van der Waals surface area contributed by atoms with Gasteiger partial charge in [-0.05, 0) is 29.9 Å². The summed E-state index contributed by atoms with van der Waals surface area (Å²) in [6, 6.07) is 7.67. The molecule has 1 saturated heterocycles. The van der Waals surface area contributed by atoms with E-state index in [0.717, 1.165) is 30.6 Å². The molecule has 1 aliphatic carbocycles. The Morgan fingerprint density at radius 1 is 1.29 bits per heavy atom. The molecule has 2 aliphatic rings. The van der Waals surface area contributed by atoms with Gasteiger partial charge in [-0.15, -0.1) is 0 Å². The van der Waals surface area contributed by atoms with Crippen LogP contribution >= 0.6 is 0 Å². The number of benzene rings is 1. The molecule has 1 amide bonds. The van der Waals surface area contributed by atoms with Crippen molar-refractivity contribution < 1.29 is 14.7 Å². The molecule has 4 heteroatoms. The average Bonchev–Trinajstić information content (AvgIpc) is 3.13. The Morgan fingerprint density at radius 3 is 2.48 bits per heavy atom. The van der Waals surface area contributed by atoms with Crippen molar-refractivity contribution in [3.63, 3.8) is 0 Å². The Labute approximate surface area is 124 Å². The molecule has 4 nitrogen and oxygen atoms in total. The molecule has 1 heterocycles. The number of nitrogens with zero attached hydrogens (tertiary/aromatic N) is 1. The number of hydrogen-bond donors (Lipinski definition) is 1. The summed E-state index contributed by atoms with van der Waals surface area (Å²) in [7, 11) is 0. The first-order valence-electron chi connectivity index (χ1n) is 7.60. The van der Waals surface area contributed by atoms with Crippen LogP contribution in [0.15, 0.2) is 24.3 Å². The molecule has 0 spiro atoms. The Kier molecular flexibility index (Phi) is 3.27. The first kappa shape index (κ1) is 14.1. The third-order valence-corrected chi connectivity index (χ3v) is 4.87. The highest BCUT2D eigenvalue weighted by atomic mass is 16.4. The summed E-state index contributed by atoms with van der Waals surface area (Å²) in [5.41, 5.74) is 0.859. The van der Waals surface area contributed by atoms with Gasteiger partial charge in [0.05, 0.1) is 5.92 Å². The molecule has 1 aliphatic heterocycles. The first-order chi connectivity index (χ1) is 9.98. The van der Waals surface area contributed by atoms with Crippen LogP contribution in [0.5, 0.6) is 0 Å². The lowest BCUT2D eigenvalue weighted by atomic mass is 9.84. The predicted molar refractivity (Wildman–Crippen MR) is 79.1 cm³/mol. The molecule has 21 heavy (non-hydrogen) atoms. The fraction of sp³-hybridized carbons (Fsp3) is 0.529. The van der Waals surface area contributed by atoms with Crippen LogP contribution in [-0.2, 0) is 15.0 Å². The fourth-order valence-electron chi connectivity index (χ4n) is 3.37. The van der Waals surface area contributed by atoms with Gasteiger partial charge in [0.1, 0.15) is 5.41 Å². The molecule has 1 aromatic rings. The van der Waals surface area contributed by atoms with Crippen molar-refractivity contribution >= 4 is 11.9 Å². The van der Waals surface area contributed by atoms with Gasteiger partial charge in [-0.1, -0.05) is 38.1 Å². The predicted octanol–water partition coefficient (Wildman–Crippen LogP) is 2.38. The Bertz CT molecular complexity index is 591. The standard InChI is InChI=1S/C17H21NO3/c1-11(2)12-6-3-4-7-13(12)17(16(20)21)10-14(17)15(19)18-8-5-9-18/h3-4,6-7,11,14H,5,8-10H2,1-2H3,(H,20,21). The van der Waals surface area contributed by atoms with E-state index in [1.165, 1.54) is 0 Å². The number of carbonyl (C=O) groups excluding carboxylic acids is 1. The number of rotatable bonds is 4. The molecule has 2 atom stereocenters. The molecule has 0 radical (unpaired) electrons. The minimum atomic E-state index is -1.01. The Morgan fingerprint density at radius 2 is 1.95 bits per heavy atom. The monoisotopic (exact) mass is 287 g/mol. The normalized spacial score (nSPS) is 27.4. The van der Waals surface area contributed by atoms with Crippen molar-refractivity contribution in [3.05, 3.63) is 35.4 Å². The highest BCUT2D eigenvalue weighted by molar-refractivity contribution is 5.98. The molecule has 2 fully saturated rings. The smallest absolute Gasteiger partial charge is 0.314 e. The second-order valence-electron chi connectivity index (χ2n) is 6.45. The van der Waals surface area contributed by atoms with Gasteiger partial charge in [-0.3, -0.25) is 9.59 Å².